The number of aryl methyl sites for hydroxylation is 1. The van der Waals surface area contributed by atoms with Gasteiger partial charge >= 0.3 is 0 Å². The molecule has 0 amide bonds. The Balaban J connectivity index is 1.73. The second-order valence-electron chi connectivity index (χ2n) is 6.40. The van der Waals surface area contributed by atoms with E-state index in [4.69, 9.17) is 23.2 Å². The number of aromatic nitrogens is 3. The van der Waals surface area contributed by atoms with E-state index in [1.54, 1.807) is 11.8 Å². The van der Waals surface area contributed by atoms with Gasteiger partial charge in [-0.15, -0.1) is 10.2 Å². The standard InChI is InChI=1S/C22H17Cl2N3S/c1-15-3-2-4-20(13-15)27-21(17-7-11-19(24)12-8-17)25-26-22(27)28-14-16-5-9-18(23)10-6-16/h2-13H,14H2,1H3. The zero-order valence-corrected chi connectivity index (χ0v) is 17.5. The molecule has 1 aromatic heterocycles. The van der Waals surface area contributed by atoms with E-state index in [-0.39, 0.29) is 0 Å². The molecule has 0 aliphatic rings. The number of hydrogen-bond donors (Lipinski definition) is 0. The molecule has 0 radical (unpaired) electrons. The Morgan fingerprint density at radius 3 is 2.21 bits per heavy atom. The highest BCUT2D eigenvalue weighted by molar-refractivity contribution is 7.98. The first kappa shape index (κ1) is 19.1. The van der Waals surface area contributed by atoms with Crippen molar-refractivity contribution < 1.29 is 0 Å². The SMILES string of the molecule is Cc1cccc(-n2c(SCc3ccc(Cl)cc3)nnc2-c2ccc(Cl)cc2)c1. The van der Waals surface area contributed by atoms with Crippen molar-refractivity contribution in [3.05, 3.63) is 94.0 Å². The van der Waals surface area contributed by atoms with Crippen LogP contribution in [0.1, 0.15) is 11.1 Å². The van der Waals surface area contributed by atoms with Crippen molar-refractivity contribution in [2.45, 2.75) is 17.8 Å². The highest BCUT2D eigenvalue weighted by Crippen LogP contribution is 2.30. The molecule has 0 fully saturated rings. The van der Waals surface area contributed by atoms with E-state index in [1.165, 1.54) is 11.1 Å². The summed E-state index contributed by atoms with van der Waals surface area (Å²) >= 11 is 13.7. The summed E-state index contributed by atoms with van der Waals surface area (Å²) in [5.41, 5.74) is 4.37. The Morgan fingerprint density at radius 1 is 0.857 bits per heavy atom. The fourth-order valence-electron chi connectivity index (χ4n) is 2.88. The maximum atomic E-state index is 6.05. The lowest BCUT2D eigenvalue weighted by Gasteiger charge is -2.11. The maximum Gasteiger partial charge on any atom is 0.196 e. The molecule has 0 N–H and O–H groups in total. The number of rotatable bonds is 5. The lowest BCUT2D eigenvalue weighted by molar-refractivity contribution is 0.885. The number of thioether (sulfide) groups is 1. The third-order valence-corrected chi connectivity index (χ3v) is 5.78. The summed E-state index contributed by atoms with van der Waals surface area (Å²) in [4.78, 5) is 0. The van der Waals surface area contributed by atoms with Gasteiger partial charge in [0.25, 0.3) is 0 Å². The summed E-state index contributed by atoms with van der Waals surface area (Å²) in [5, 5.41) is 11.2. The van der Waals surface area contributed by atoms with E-state index in [0.717, 1.165) is 33.0 Å². The highest BCUT2D eigenvalue weighted by Gasteiger charge is 2.16. The minimum absolute atomic E-state index is 0.697. The molecule has 0 aliphatic heterocycles. The van der Waals surface area contributed by atoms with Crippen molar-refractivity contribution in [3.63, 3.8) is 0 Å². The summed E-state index contributed by atoms with van der Waals surface area (Å²) in [6, 6.07) is 23.9. The van der Waals surface area contributed by atoms with Gasteiger partial charge in [0.2, 0.25) is 0 Å². The number of halogens is 2. The van der Waals surface area contributed by atoms with Crippen LogP contribution in [0.3, 0.4) is 0 Å². The van der Waals surface area contributed by atoms with Crippen molar-refractivity contribution in [1.82, 2.24) is 14.8 Å². The topological polar surface area (TPSA) is 30.7 Å². The summed E-state index contributed by atoms with van der Waals surface area (Å²) in [6.45, 7) is 2.08. The minimum atomic E-state index is 0.697. The van der Waals surface area contributed by atoms with Gasteiger partial charge in [-0.1, -0.05) is 59.2 Å². The van der Waals surface area contributed by atoms with Crippen LogP contribution in [0.25, 0.3) is 17.1 Å². The van der Waals surface area contributed by atoms with Gasteiger partial charge in [0, 0.05) is 27.0 Å². The molecule has 0 aliphatic carbocycles. The Bertz CT molecular complexity index is 1090. The van der Waals surface area contributed by atoms with Crippen molar-refractivity contribution in [3.8, 4) is 17.1 Å². The fraction of sp³-hybridized carbons (Fsp3) is 0.0909. The first-order chi connectivity index (χ1) is 13.6. The van der Waals surface area contributed by atoms with Gasteiger partial charge in [0.15, 0.2) is 11.0 Å². The quantitative estimate of drug-likeness (QED) is 0.327. The average Bonchev–Trinajstić information content (AvgIpc) is 3.12. The van der Waals surface area contributed by atoms with E-state index in [0.29, 0.717) is 5.02 Å². The molecule has 0 saturated heterocycles. The van der Waals surface area contributed by atoms with E-state index >= 15 is 0 Å². The monoisotopic (exact) mass is 425 g/mol. The molecule has 4 aromatic rings. The predicted octanol–water partition coefficient (Wildman–Crippen LogP) is 6.84. The lowest BCUT2D eigenvalue weighted by Crippen LogP contribution is -2.00. The van der Waals surface area contributed by atoms with Crippen LogP contribution in [0.2, 0.25) is 10.0 Å². The van der Waals surface area contributed by atoms with Crippen LogP contribution in [-0.4, -0.2) is 14.8 Å². The van der Waals surface area contributed by atoms with Gasteiger partial charge in [-0.2, -0.15) is 0 Å². The van der Waals surface area contributed by atoms with Crippen molar-refractivity contribution in [1.29, 1.82) is 0 Å². The van der Waals surface area contributed by atoms with Gasteiger partial charge in [0.05, 0.1) is 0 Å². The molecule has 0 bridgehead atoms. The Hall–Kier alpha value is -2.27. The Labute approximate surface area is 178 Å². The second kappa shape index (κ2) is 8.39. The first-order valence-corrected chi connectivity index (χ1v) is 10.5. The van der Waals surface area contributed by atoms with Gasteiger partial charge in [-0.25, -0.2) is 0 Å². The van der Waals surface area contributed by atoms with Gasteiger partial charge in [-0.05, 0) is 66.6 Å². The third-order valence-electron chi connectivity index (χ3n) is 4.28. The van der Waals surface area contributed by atoms with Crippen molar-refractivity contribution in [2.24, 2.45) is 0 Å². The van der Waals surface area contributed by atoms with Crippen LogP contribution in [-0.2, 0) is 5.75 Å². The molecule has 4 rings (SSSR count). The summed E-state index contributed by atoms with van der Waals surface area (Å²) in [7, 11) is 0. The van der Waals surface area contributed by atoms with Crippen molar-refractivity contribution >= 4 is 35.0 Å². The van der Waals surface area contributed by atoms with E-state index in [2.05, 4.69) is 39.9 Å². The highest BCUT2D eigenvalue weighted by atomic mass is 35.5. The van der Waals surface area contributed by atoms with Crippen LogP contribution >= 0.6 is 35.0 Å². The fourth-order valence-corrected chi connectivity index (χ4v) is 4.04. The third kappa shape index (κ3) is 4.25. The summed E-state index contributed by atoms with van der Waals surface area (Å²) in [6.07, 6.45) is 0. The van der Waals surface area contributed by atoms with Crippen molar-refractivity contribution in [2.75, 3.05) is 0 Å². The second-order valence-corrected chi connectivity index (χ2v) is 8.22. The van der Waals surface area contributed by atoms with Crippen LogP contribution in [0, 0.1) is 6.92 Å². The molecule has 140 valence electrons. The number of hydrogen-bond acceptors (Lipinski definition) is 3. The molecule has 1 heterocycles. The molecular weight excluding hydrogens is 409 g/mol. The molecule has 28 heavy (non-hydrogen) atoms. The zero-order chi connectivity index (χ0) is 19.5. The van der Waals surface area contributed by atoms with Crippen LogP contribution in [0.15, 0.2) is 78.0 Å². The average molecular weight is 426 g/mol. The molecule has 6 heteroatoms. The summed E-state index contributed by atoms with van der Waals surface area (Å²) in [5.74, 6) is 1.57. The molecule has 0 spiro atoms. The van der Waals surface area contributed by atoms with Crippen LogP contribution < -0.4 is 0 Å². The van der Waals surface area contributed by atoms with Gasteiger partial charge in [0.1, 0.15) is 0 Å². The largest absolute Gasteiger partial charge is 0.270 e. The zero-order valence-electron chi connectivity index (χ0n) is 15.1. The maximum absolute atomic E-state index is 6.05. The smallest absolute Gasteiger partial charge is 0.196 e. The molecule has 3 nitrogen and oxygen atoms in total. The summed E-state index contributed by atoms with van der Waals surface area (Å²) < 4.78 is 2.09. The Kier molecular flexibility index (Phi) is 5.72. The Morgan fingerprint density at radius 2 is 1.54 bits per heavy atom. The molecular formula is C22H17Cl2N3S. The molecule has 0 unspecified atom stereocenters. The predicted molar refractivity (Wildman–Crippen MR) is 118 cm³/mol. The molecule has 0 atom stereocenters. The molecule has 0 saturated carbocycles. The minimum Gasteiger partial charge on any atom is -0.270 e. The van der Waals surface area contributed by atoms with Gasteiger partial charge < -0.3 is 0 Å². The van der Waals surface area contributed by atoms with Crippen LogP contribution in [0.5, 0.6) is 0 Å². The van der Waals surface area contributed by atoms with Gasteiger partial charge in [-0.3, -0.25) is 4.57 Å². The van der Waals surface area contributed by atoms with E-state index < -0.39 is 0 Å². The normalized spacial score (nSPS) is 11.0. The van der Waals surface area contributed by atoms with E-state index in [9.17, 15) is 0 Å². The van der Waals surface area contributed by atoms with E-state index in [1.807, 2.05) is 54.6 Å². The lowest BCUT2D eigenvalue weighted by atomic mass is 10.2. The number of nitrogens with zero attached hydrogens (tertiary/aromatic N) is 3. The molecule has 3 aromatic carbocycles. The first-order valence-electron chi connectivity index (χ1n) is 8.76. The number of benzene rings is 3. The van der Waals surface area contributed by atoms with Crippen LogP contribution in [0.4, 0.5) is 0 Å².